The fraction of sp³-hybridized carbons (Fsp3) is 1.00. The molecule has 0 aromatic rings. The lowest BCUT2D eigenvalue weighted by Crippen LogP contribution is -2.39. The highest BCUT2D eigenvalue weighted by Crippen LogP contribution is 2.70. The van der Waals surface area contributed by atoms with Crippen molar-refractivity contribution in [3.63, 3.8) is 0 Å². The molecule has 0 aliphatic carbocycles. The first-order valence-corrected chi connectivity index (χ1v) is 22.8. The highest BCUT2D eigenvalue weighted by atomic mass is 32.7. The van der Waals surface area contributed by atoms with E-state index in [1.807, 2.05) is 34.1 Å². The molecule has 0 radical (unpaired) electrons. The molecular weight excluding hydrogens is 545 g/mol. The molecule has 200 valence electrons. The van der Waals surface area contributed by atoms with E-state index < -0.39 is 20.5 Å². The number of nitrogens with zero attached hydrogens (tertiary/aromatic N) is 1. The maximum atomic E-state index is 6.75. The van der Waals surface area contributed by atoms with Gasteiger partial charge in [-0.25, -0.2) is 13.6 Å². The third-order valence-electron chi connectivity index (χ3n) is 6.23. The van der Waals surface area contributed by atoms with E-state index in [1.54, 1.807) is 0 Å². The molecule has 3 atom stereocenters. The molecule has 3 fully saturated rings. The van der Waals surface area contributed by atoms with E-state index in [2.05, 4.69) is 46.4 Å². The summed E-state index contributed by atoms with van der Waals surface area (Å²) in [5.74, 6) is 3.19. The standard InChI is InChI=1S/C21H48N4O3P3S3/c1-19(2)13-26-29(22,32-16-19)10-7-25(8-11-30(23)27-14-20(3,4)17-33-30)9-12-31(24)28-15-21(5,6)18-34-31/h7-18,22-24H2,1-6H3/q+3. The molecule has 3 aliphatic heterocycles. The summed E-state index contributed by atoms with van der Waals surface area (Å²) in [5, 5.41) is 0. The van der Waals surface area contributed by atoms with Gasteiger partial charge in [-0.05, 0) is 0 Å². The molecule has 13 heteroatoms. The van der Waals surface area contributed by atoms with Crippen LogP contribution >= 0.6 is 54.7 Å². The minimum atomic E-state index is -1.92. The Balaban J connectivity index is 1.57. The molecule has 0 amide bonds. The average Bonchev–Trinajstić information content (AvgIpc) is 2.75. The van der Waals surface area contributed by atoms with E-state index in [0.717, 1.165) is 75.2 Å². The second-order valence-corrected chi connectivity index (χ2v) is 28.3. The highest BCUT2D eigenvalue weighted by Gasteiger charge is 2.49. The summed E-state index contributed by atoms with van der Waals surface area (Å²) in [4.78, 5) is 2.49. The van der Waals surface area contributed by atoms with Crippen molar-refractivity contribution >= 4 is 54.7 Å². The van der Waals surface area contributed by atoms with Crippen molar-refractivity contribution in [3.8, 4) is 0 Å². The van der Waals surface area contributed by atoms with Crippen LogP contribution in [0.3, 0.4) is 0 Å². The number of hydrogen-bond acceptors (Lipinski definition) is 10. The lowest BCUT2D eigenvalue weighted by molar-refractivity contribution is 0.206. The van der Waals surface area contributed by atoms with E-state index in [4.69, 9.17) is 30.1 Å². The molecule has 0 aromatic carbocycles. The number of hydrogen-bond donors (Lipinski definition) is 3. The van der Waals surface area contributed by atoms with Gasteiger partial charge in [-0.1, -0.05) is 41.5 Å². The summed E-state index contributed by atoms with van der Waals surface area (Å²) >= 11 is 5.55. The minimum absolute atomic E-state index is 0.201. The van der Waals surface area contributed by atoms with Gasteiger partial charge >= 0.3 is 0 Å². The molecule has 3 heterocycles. The van der Waals surface area contributed by atoms with E-state index >= 15 is 0 Å². The Morgan fingerprint density at radius 1 is 0.588 bits per heavy atom. The fourth-order valence-electron chi connectivity index (χ4n) is 3.51. The van der Waals surface area contributed by atoms with Gasteiger partial charge in [-0.2, -0.15) is 16.5 Å². The van der Waals surface area contributed by atoms with Gasteiger partial charge in [0.05, 0.1) is 54.0 Å². The predicted octanol–water partition coefficient (Wildman–Crippen LogP) is 5.82. The third-order valence-corrected chi connectivity index (χ3v) is 22.1. The van der Waals surface area contributed by atoms with Gasteiger partial charge in [0, 0.05) is 53.1 Å². The Hall–Kier alpha value is 2.06. The van der Waals surface area contributed by atoms with Crippen molar-refractivity contribution in [2.75, 3.05) is 75.2 Å². The summed E-state index contributed by atoms with van der Waals surface area (Å²) in [5.41, 5.74) is 20.9. The topological polar surface area (TPSA) is 109 Å². The van der Waals surface area contributed by atoms with Crippen molar-refractivity contribution in [2.45, 2.75) is 41.5 Å². The zero-order valence-electron chi connectivity index (χ0n) is 22.0. The molecule has 0 bridgehead atoms. The zero-order chi connectivity index (χ0) is 25.3. The number of rotatable bonds is 9. The molecule has 3 aliphatic rings. The van der Waals surface area contributed by atoms with Crippen molar-refractivity contribution in [1.82, 2.24) is 4.90 Å². The van der Waals surface area contributed by atoms with Crippen LogP contribution in [0.25, 0.3) is 0 Å². The summed E-state index contributed by atoms with van der Waals surface area (Å²) in [6, 6.07) is 0. The van der Waals surface area contributed by atoms with Gasteiger partial charge in [0.15, 0.2) is 0 Å². The third kappa shape index (κ3) is 9.67. The van der Waals surface area contributed by atoms with Crippen LogP contribution in [-0.2, 0) is 13.6 Å². The molecule has 0 saturated carbocycles. The maximum Gasteiger partial charge on any atom is 0.271 e. The van der Waals surface area contributed by atoms with Gasteiger partial charge < -0.3 is 0 Å². The monoisotopic (exact) mass is 593 g/mol. The van der Waals surface area contributed by atoms with Gasteiger partial charge in [0.1, 0.15) is 18.5 Å². The Labute approximate surface area is 221 Å². The SMILES string of the molecule is CC1(C)CO[P+](N)(CCN(CC[P+]2(N)OCC(C)(C)CS2)CC[P+]2(N)OCC(C)(C)CS2)SC1. The molecule has 3 saturated heterocycles. The Morgan fingerprint density at radius 3 is 1.06 bits per heavy atom. The van der Waals surface area contributed by atoms with E-state index in [1.165, 1.54) is 0 Å². The van der Waals surface area contributed by atoms with Crippen LogP contribution in [0.1, 0.15) is 41.5 Å². The first-order chi connectivity index (χ1) is 15.5. The molecule has 3 unspecified atom stereocenters. The van der Waals surface area contributed by atoms with Gasteiger partial charge in [0.2, 0.25) is 0 Å². The van der Waals surface area contributed by atoms with Gasteiger partial charge in [-0.15, -0.1) is 0 Å². The second-order valence-electron chi connectivity index (χ2n) is 12.3. The van der Waals surface area contributed by atoms with E-state index in [0.29, 0.717) is 0 Å². The summed E-state index contributed by atoms with van der Waals surface area (Å²) in [6.45, 7) is 12.7. The van der Waals surface area contributed by atoms with Crippen LogP contribution < -0.4 is 16.5 Å². The Kier molecular flexibility index (Phi) is 10.5. The molecule has 34 heavy (non-hydrogen) atoms. The van der Waals surface area contributed by atoms with Crippen LogP contribution in [0.15, 0.2) is 0 Å². The molecule has 3 rings (SSSR count). The molecule has 6 N–H and O–H groups in total. The summed E-state index contributed by atoms with van der Waals surface area (Å²) in [7, 11) is 0. The quantitative estimate of drug-likeness (QED) is 0.283. The van der Waals surface area contributed by atoms with E-state index in [-0.39, 0.29) is 16.2 Å². The largest absolute Gasteiger partial charge is 0.292 e. The first kappa shape index (κ1) is 30.6. The summed E-state index contributed by atoms with van der Waals surface area (Å²) in [6.07, 6.45) is 2.67. The lowest BCUT2D eigenvalue weighted by atomic mass is 9.98. The molecule has 7 nitrogen and oxygen atoms in total. The molecule has 0 spiro atoms. The summed E-state index contributed by atoms with van der Waals surface area (Å²) < 4.78 is 18.7. The maximum absolute atomic E-state index is 6.75. The predicted molar refractivity (Wildman–Crippen MR) is 161 cm³/mol. The minimum Gasteiger partial charge on any atom is -0.292 e. The van der Waals surface area contributed by atoms with Crippen molar-refractivity contribution in [1.29, 1.82) is 0 Å². The highest BCUT2D eigenvalue weighted by molar-refractivity contribution is 8.61. The Bertz CT molecular complexity index is 585. The normalized spacial score (nSPS) is 37.6. The van der Waals surface area contributed by atoms with E-state index in [9.17, 15) is 0 Å². The van der Waals surface area contributed by atoms with Crippen LogP contribution in [0.2, 0.25) is 0 Å². The van der Waals surface area contributed by atoms with Crippen molar-refractivity contribution in [2.24, 2.45) is 32.8 Å². The molecule has 0 aromatic heterocycles. The first-order valence-electron chi connectivity index (χ1n) is 12.1. The van der Waals surface area contributed by atoms with Crippen molar-refractivity contribution in [3.05, 3.63) is 0 Å². The average molecular weight is 594 g/mol. The fourth-order valence-corrected chi connectivity index (χ4v) is 18.0. The zero-order valence-corrected chi connectivity index (χ0v) is 27.1. The lowest BCUT2D eigenvalue weighted by Gasteiger charge is -2.36. The Morgan fingerprint density at radius 2 is 0.853 bits per heavy atom. The molecular formula is C21H48N4O3P3S3+3. The van der Waals surface area contributed by atoms with Gasteiger partial charge in [-0.3, -0.25) is 4.90 Å². The van der Waals surface area contributed by atoms with Crippen LogP contribution in [-0.4, -0.2) is 80.1 Å². The van der Waals surface area contributed by atoms with Crippen LogP contribution in [0.4, 0.5) is 0 Å². The second kappa shape index (κ2) is 11.7. The van der Waals surface area contributed by atoms with Crippen LogP contribution in [0.5, 0.6) is 0 Å². The van der Waals surface area contributed by atoms with Crippen molar-refractivity contribution < 1.29 is 13.6 Å². The van der Waals surface area contributed by atoms with Gasteiger partial charge in [0.25, 0.3) is 20.5 Å². The smallest absolute Gasteiger partial charge is 0.271 e. The van der Waals surface area contributed by atoms with Crippen LogP contribution in [0, 0.1) is 16.2 Å². The number of nitrogens with two attached hydrogens (primary N) is 3.